The van der Waals surface area contributed by atoms with E-state index >= 15 is 0 Å². The third kappa shape index (κ3) is 2.51. The summed E-state index contributed by atoms with van der Waals surface area (Å²) >= 11 is 1.60. The van der Waals surface area contributed by atoms with Crippen LogP contribution in [0.5, 0.6) is 0 Å². The van der Waals surface area contributed by atoms with Gasteiger partial charge in [-0.3, -0.25) is 0 Å². The molecule has 0 radical (unpaired) electrons. The second-order valence-corrected chi connectivity index (χ2v) is 6.19. The van der Waals surface area contributed by atoms with Crippen molar-refractivity contribution in [2.24, 2.45) is 0 Å². The molecule has 2 N–H and O–H groups in total. The van der Waals surface area contributed by atoms with E-state index in [9.17, 15) is 9.90 Å². The van der Waals surface area contributed by atoms with Crippen LogP contribution in [0.1, 0.15) is 37.9 Å². The van der Waals surface area contributed by atoms with E-state index in [-0.39, 0.29) is 5.56 Å². The maximum absolute atomic E-state index is 11.3. The summed E-state index contributed by atoms with van der Waals surface area (Å²) in [6.45, 7) is 2.50. The highest BCUT2D eigenvalue weighted by atomic mass is 32.1. The van der Waals surface area contributed by atoms with Crippen LogP contribution in [0.2, 0.25) is 0 Å². The average molecular weight is 289 g/mol. The molecule has 0 amide bonds. The maximum atomic E-state index is 11.3. The third-order valence-electron chi connectivity index (χ3n) is 3.36. The van der Waals surface area contributed by atoms with Gasteiger partial charge in [0.05, 0.1) is 6.54 Å². The van der Waals surface area contributed by atoms with Gasteiger partial charge in [-0.25, -0.2) is 14.8 Å². The average Bonchev–Trinajstić information content (AvgIpc) is 3.03. The zero-order valence-corrected chi connectivity index (χ0v) is 12.0. The maximum Gasteiger partial charge on any atom is 0.339 e. The Morgan fingerprint density at radius 3 is 3.05 bits per heavy atom. The summed E-state index contributed by atoms with van der Waals surface area (Å²) in [5, 5.41) is 13.3. The smallest absolute Gasteiger partial charge is 0.339 e. The molecule has 1 aliphatic rings. The van der Waals surface area contributed by atoms with Crippen LogP contribution in [0, 0.1) is 6.92 Å². The molecule has 104 valence electrons. The molecule has 20 heavy (non-hydrogen) atoms. The summed E-state index contributed by atoms with van der Waals surface area (Å²) in [5.74, 6) is -0.490. The van der Waals surface area contributed by atoms with Crippen LogP contribution in [0.25, 0.3) is 0 Å². The Hall–Kier alpha value is -1.95. The minimum Gasteiger partial charge on any atom is -0.478 e. The van der Waals surface area contributed by atoms with Crippen molar-refractivity contribution in [3.05, 3.63) is 39.0 Å². The Morgan fingerprint density at radius 1 is 1.50 bits per heavy atom. The number of anilines is 1. The highest BCUT2D eigenvalue weighted by Crippen LogP contribution is 2.26. The van der Waals surface area contributed by atoms with E-state index in [4.69, 9.17) is 0 Å². The molecule has 0 aliphatic heterocycles. The quantitative estimate of drug-likeness (QED) is 0.905. The molecule has 5 nitrogen and oxygen atoms in total. The molecule has 1 aliphatic carbocycles. The topological polar surface area (TPSA) is 75.1 Å². The first-order valence-corrected chi connectivity index (χ1v) is 7.36. The molecule has 0 saturated carbocycles. The fourth-order valence-corrected chi connectivity index (χ4v) is 3.14. The van der Waals surface area contributed by atoms with Crippen LogP contribution in [0.15, 0.2) is 12.3 Å². The summed E-state index contributed by atoms with van der Waals surface area (Å²) < 4.78 is 0. The lowest BCUT2D eigenvalue weighted by Gasteiger charge is -2.10. The number of aromatic nitrogens is 2. The van der Waals surface area contributed by atoms with Crippen LogP contribution in [0.4, 0.5) is 5.82 Å². The molecule has 0 fully saturated rings. The number of hydrogen-bond acceptors (Lipinski definition) is 5. The van der Waals surface area contributed by atoms with Gasteiger partial charge in [0, 0.05) is 16.8 Å². The zero-order chi connectivity index (χ0) is 14.1. The summed E-state index contributed by atoms with van der Waals surface area (Å²) in [7, 11) is 0. The third-order valence-corrected chi connectivity index (χ3v) is 4.27. The molecule has 0 saturated heterocycles. The first kappa shape index (κ1) is 13.1. The van der Waals surface area contributed by atoms with E-state index in [2.05, 4.69) is 15.3 Å². The Kier molecular flexibility index (Phi) is 3.40. The fourth-order valence-electron chi connectivity index (χ4n) is 2.41. The number of carboxylic acid groups (broad SMARTS) is 1. The highest BCUT2D eigenvalue weighted by molar-refractivity contribution is 7.11. The van der Waals surface area contributed by atoms with Crippen LogP contribution in [-0.4, -0.2) is 21.0 Å². The first-order valence-electron chi connectivity index (χ1n) is 6.55. The van der Waals surface area contributed by atoms with E-state index in [1.165, 1.54) is 0 Å². The lowest BCUT2D eigenvalue weighted by molar-refractivity contribution is 0.0697. The number of nitrogens with zero attached hydrogens (tertiary/aromatic N) is 2. The standard InChI is InChI=1S/C14H15N3O2S/c1-8-6-15-12(20-8)7-16-13-10(14(18)19)5-9-3-2-4-11(9)17-13/h5-6H,2-4,7H2,1H3,(H,16,17)(H,18,19). The monoisotopic (exact) mass is 289 g/mol. The van der Waals surface area contributed by atoms with Gasteiger partial charge < -0.3 is 10.4 Å². The van der Waals surface area contributed by atoms with Gasteiger partial charge in [-0.15, -0.1) is 11.3 Å². The number of carboxylic acids is 1. The lowest BCUT2D eigenvalue weighted by Crippen LogP contribution is -2.10. The van der Waals surface area contributed by atoms with Crippen LogP contribution in [0.3, 0.4) is 0 Å². The Morgan fingerprint density at radius 2 is 2.35 bits per heavy atom. The molecular weight excluding hydrogens is 274 g/mol. The van der Waals surface area contributed by atoms with Crippen molar-refractivity contribution < 1.29 is 9.90 Å². The number of aromatic carboxylic acids is 1. The van der Waals surface area contributed by atoms with E-state index in [0.29, 0.717) is 12.4 Å². The number of carbonyl (C=O) groups is 1. The molecule has 3 rings (SSSR count). The molecule has 2 heterocycles. The van der Waals surface area contributed by atoms with E-state index in [1.54, 1.807) is 17.4 Å². The van der Waals surface area contributed by atoms with Crippen LogP contribution >= 0.6 is 11.3 Å². The van der Waals surface area contributed by atoms with Gasteiger partial charge in [-0.2, -0.15) is 0 Å². The summed E-state index contributed by atoms with van der Waals surface area (Å²) in [4.78, 5) is 21.2. The summed E-state index contributed by atoms with van der Waals surface area (Å²) in [6.07, 6.45) is 4.72. The minimum absolute atomic E-state index is 0.249. The predicted octanol–water partition coefficient (Wildman–Crippen LogP) is 2.65. The molecule has 0 atom stereocenters. The first-order chi connectivity index (χ1) is 9.63. The number of hydrogen-bond donors (Lipinski definition) is 2. The SMILES string of the molecule is Cc1cnc(CNc2nc3c(cc2C(=O)O)CCC3)s1. The molecule has 0 unspecified atom stereocenters. The van der Waals surface area contributed by atoms with Gasteiger partial charge >= 0.3 is 5.97 Å². The second kappa shape index (κ2) is 5.20. The van der Waals surface area contributed by atoms with E-state index in [1.807, 2.05) is 13.1 Å². The lowest BCUT2D eigenvalue weighted by atomic mass is 10.1. The Balaban J connectivity index is 1.86. The number of aryl methyl sites for hydroxylation is 3. The summed E-state index contributed by atoms with van der Waals surface area (Å²) in [6, 6.07) is 1.76. The highest BCUT2D eigenvalue weighted by Gasteiger charge is 2.19. The Bertz CT molecular complexity index is 666. The van der Waals surface area contributed by atoms with E-state index < -0.39 is 5.97 Å². The van der Waals surface area contributed by atoms with Crippen molar-refractivity contribution in [3.63, 3.8) is 0 Å². The van der Waals surface area contributed by atoms with Crippen molar-refractivity contribution in [1.29, 1.82) is 0 Å². The molecule has 0 bridgehead atoms. The Labute approximate surface area is 120 Å². The number of fused-ring (bicyclic) bond motifs is 1. The van der Waals surface area contributed by atoms with Crippen LogP contribution < -0.4 is 5.32 Å². The van der Waals surface area contributed by atoms with Crippen molar-refractivity contribution in [2.45, 2.75) is 32.7 Å². The molecule has 2 aromatic rings. The largest absolute Gasteiger partial charge is 0.478 e. The predicted molar refractivity (Wildman–Crippen MR) is 77.4 cm³/mol. The van der Waals surface area contributed by atoms with Crippen molar-refractivity contribution in [2.75, 3.05) is 5.32 Å². The van der Waals surface area contributed by atoms with Gasteiger partial charge in [0.1, 0.15) is 16.4 Å². The normalized spacial score (nSPS) is 13.2. The van der Waals surface area contributed by atoms with Gasteiger partial charge in [-0.05, 0) is 37.8 Å². The summed E-state index contributed by atoms with van der Waals surface area (Å²) in [5.41, 5.74) is 2.34. The van der Waals surface area contributed by atoms with Gasteiger partial charge in [0.25, 0.3) is 0 Å². The van der Waals surface area contributed by atoms with Crippen molar-refractivity contribution >= 4 is 23.1 Å². The number of pyridine rings is 1. The van der Waals surface area contributed by atoms with Crippen molar-refractivity contribution in [3.8, 4) is 0 Å². The van der Waals surface area contributed by atoms with Crippen molar-refractivity contribution in [1.82, 2.24) is 9.97 Å². The van der Waals surface area contributed by atoms with Crippen LogP contribution in [-0.2, 0) is 19.4 Å². The van der Waals surface area contributed by atoms with Gasteiger partial charge in [0.2, 0.25) is 0 Å². The number of nitrogens with one attached hydrogen (secondary N) is 1. The molecular formula is C14H15N3O2S. The fraction of sp³-hybridized carbons (Fsp3) is 0.357. The zero-order valence-electron chi connectivity index (χ0n) is 11.1. The minimum atomic E-state index is -0.940. The number of rotatable bonds is 4. The molecule has 0 aromatic carbocycles. The van der Waals surface area contributed by atoms with Gasteiger partial charge in [0.15, 0.2) is 0 Å². The second-order valence-electron chi connectivity index (χ2n) is 4.87. The van der Waals surface area contributed by atoms with Gasteiger partial charge in [-0.1, -0.05) is 0 Å². The number of thiazole rings is 1. The molecule has 6 heteroatoms. The van der Waals surface area contributed by atoms with E-state index in [0.717, 1.165) is 40.4 Å². The molecule has 0 spiro atoms. The molecule has 2 aromatic heterocycles.